The van der Waals surface area contributed by atoms with Crippen LogP contribution in [-0.4, -0.2) is 39.2 Å². The number of aromatic amines is 1. The number of H-pyrrole nitrogens is 1. The fourth-order valence-corrected chi connectivity index (χ4v) is 2.89. The lowest BCUT2D eigenvalue weighted by molar-refractivity contribution is -0.118. The summed E-state index contributed by atoms with van der Waals surface area (Å²) >= 11 is 0. The van der Waals surface area contributed by atoms with E-state index in [1.807, 2.05) is 0 Å². The summed E-state index contributed by atoms with van der Waals surface area (Å²) in [6.07, 6.45) is 2.77. The van der Waals surface area contributed by atoms with Gasteiger partial charge in [-0.05, 0) is 24.6 Å². The molecule has 0 bridgehead atoms. The fraction of sp³-hybridized carbons (Fsp3) is 0.167. The van der Waals surface area contributed by atoms with Gasteiger partial charge in [-0.3, -0.25) is 14.4 Å². The van der Waals surface area contributed by atoms with Gasteiger partial charge in [0.1, 0.15) is 17.6 Å². The van der Waals surface area contributed by atoms with Gasteiger partial charge >= 0.3 is 0 Å². The number of anilines is 1. The van der Waals surface area contributed by atoms with Crippen LogP contribution in [0.4, 0.5) is 5.69 Å². The average molecular weight is 365 g/mol. The maximum atomic E-state index is 12.6. The molecule has 0 spiro atoms. The minimum atomic E-state index is -0.405. The van der Waals surface area contributed by atoms with Crippen molar-refractivity contribution in [2.24, 2.45) is 0 Å². The van der Waals surface area contributed by atoms with E-state index in [2.05, 4.69) is 25.6 Å². The van der Waals surface area contributed by atoms with E-state index in [0.29, 0.717) is 28.0 Å². The number of nitrogens with one attached hydrogen (secondary N) is 3. The first-order valence-electron chi connectivity index (χ1n) is 8.19. The summed E-state index contributed by atoms with van der Waals surface area (Å²) in [5, 5.41) is 5.50. The van der Waals surface area contributed by atoms with E-state index < -0.39 is 5.91 Å². The van der Waals surface area contributed by atoms with E-state index in [4.69, 9.17) is 4.74 Å². The summed E-state index contributed by atoms with van der Waals surface area (Å²) in [5.74, 6) is -0.188. The number of fused-ring (bicyclic) bond motifs is 2. The second-order valence-corrected chi connectivity index (χ2v) is 6.05. The molecule has 3 N–H and O–H groups in total. The summed E-state index contributed by atoms with van der Waals surface area (Å²) in [5.41, 5.74) is 2.74. The Morgan fingerprint density at radius 3 is 2.96 bits per heavy atom. The second kappa shape index (κ2) is 6.52. The predicted octanol–water partition coefficient (Wildman–Crippen LogP) is 1.42. The molecular formula is C18H15N5O4. The Morgan fingerprint density at radius 2 is 2.15 bits per heavy atom. The Kier molecular flexibility index (Phi) is 4.03. The smallest absolute Gasteiger partial charge is 0.272 e. The molecule has 9 heteroatoms. The number of hydrogen-bond acceptors (Lipinski definition) is 6. The van der Waals surface area contributed by atoms with Crippen LogP contribution in [0, 0.1) is 0 Å². The molecule has 4 rings (SSSR count). The number of aromatic nitrogens is 3. The maximum absolute atomic E-state index is 12.6. The van der Waals surface area contributed by atoms with Crippen LogP contribution in [0.25, 0.3) is 11.0 Å². The van der Waals surface area contributed by atoms with Crippen molar-refractivity contribution in [3.8, 4) is 5.75 Å². The fourth-order valence-electron chi connectivity index (χ4n) is 2.89. The quantitative estimate of drug-likeness (QED) is 0.600. The first kappa shape index (κ1) is 16.7. The average Bonchev–Trinajstić information content (AvgIpc) is 3.10. The van der Waals surface area contributed by atoms with Crippen LogP contribution in [0.1, 0.15) is 33.3 Å². The van der Waals surface area contributed by atoms with Crippen molar-refractivity contribution in [1.82, 2.24) is 20.3 Å². The standard InChI is InChI=1S/C18H15N5O4/c1-9(24)11-6-19-16-15(11)21-8-22-17(16)18(26)20-5-10-2-3-13-12(4-10)23-14(25)7-27-13/h2-4,6,8,19H,5,7H2,1H3,(H,20,26)(H,23,25). The third-order valence-electron chi connectivity index (χ3n) is 4.19. The molecule has 27 heavy (non-hydrogen) atoms. The zero-order valence-electron chi connectivity index (χ0n) is 14.3. The number of hydrogen-bond donors (Lipinski definition) is 3. The molecule has 0 saturated carbocycles. The van der Waals surface area contributed by atoms with E-state index in [0.717, 1.165) is 5.56 Å². The molecule has 1 aromatic carbocycles. The van der Waals surface area contributed by atoms with E-state index >= 15 is 0 Å². The van der Waals surface area contributed by atoms with E-state index in [9.17, 15) is 14.4 Å². The molecule has 1 aliphatic heterocycles. The van der Waals surface area contributed by atoms with Crippen LogP contribution in [0.3, 0.4) is 0 Å². The van der Waals surface area contributed by atoms with Crippen LogP contribution in [0.5, 0.6) is 5.75 Å². The van der Waals surface area contributed by atoms with Gasteiger partial charge in [-0.25, -0.2) is 9.97 Å². The first-order valence-corrected chi connectivity index (χ1v) is 8.19. The Morgan fingerprint density at radius 1 is 1.30 bits per heavy atom. The van der Waals surface area contributed by atoms with Crippen molar-refractivity contribution in [2.75, 3.05) is 11.9 Å². The molecule has 9 nitrogen and oxygen atoms in total. The van der Waals surface area contributed by atoms with Gasteiger partial charge in [-0.15, -0.1) is 0 Å². The molecule has 3 aromatic rings. The third kappa shape index (κ3) is 3.10. The van der Waals surface area contributed by atoms with Crippen molar-refractivity contribution < 1.29 is 19.1 Å². The highest BCUT2D eigenvalue weighted by Gasteiger charge is 2.19. The second-order valence-electron chi connectivity index (χ2n) is 6.05. The molecule has 0 aliphatic carbocycles. The lowest BCUT2D eigenvalue weighted by atomic mass is 10.1. The number of amides is 2. The van der Waals surface area contributed by atoms with Gasteiger partial charge in [0.15, 0.2) is 18.1 Å². The zero-order valence-corrected chi connectivity index (χ0v) is 14.3. The normalized spacial score (nSPS) is 12.9. The zero-order chi connectivity index (χ0) is 19.0. The highest BCUT2D eigenvalue weighted by molar-refractivity contribution is 6.10. The first-order chi connectivity index (χ1) is 13.0. The Bertz CT molecular complexity index is 1090. The predicted molar refractivity (Wildman–Crippen MR) is 95.6 cm³/mol. The number of rotatable bonds is 4. The largest absolute Gasteiger partial charge is 0.482 e. The van der Waals surface area contributed by atoms with Gasteiger partial charge in [-0.2, -0.15) is 0 Å². The van der Waals surface area contributed by atoms with Crippen LogP contribution < -0.4 is 15.4 Å². The van der Waals surface area contributed by atoms with Gasteiger partial charge in [-0.1, -0.05) is 6.07 Å². The molecule has 136 valence electrons. The number of ether oxygens (including phenoxy) is 1. The van der Waals surface area contributed by atoms with Crippen LogP contribution in [0.15, 0.2) is 30.7 Å². The Labute approximate surface area is 153 Å². The monoisotopic (exact) mass is 365 g/mol. The number of Topliss-reactive ketones (excluding diaryl/α,β-unsaturated/α-hetero) is 1. The van der Waals surface area contributed by atoms with Gasteiger partial charge in [0.2, 0.25) is 0 Å². The summed E-state index contributed by atoms with van der Waals surface area (Å²) in [6, 6.07) is 5.28. The summed E-state index contributed by atoms with van der Waals surface area (Å²) in [4.78, 5) is 46.6. The SMILES string of the molecule is CC(=O)c1c[nH]c2c(C(=O)NCc3ccc4c(c3)NC(=O)CO4)ncnc12. The van der Waals surface area contributed by atoms with Gasteiger partial charge in [0.25, 0.3) is 11.8 Å². The molecule has 2 aromatic heterocycles. The molecule has 0 atom stereocenters. The molecular weight excluding hydrogens is 350 g/mol. The number of carbonyl (C=O) groups is 3. The van der Waals surface area contributed by atoms with Crippen molar-refractivity contribution in [3.05, 3.63) is 47.5 Å². The minimum absolute atomic E-state index is 0.00874. The van der Waals surface area contributed by atoms with Crippen LogP contribution >= 0.6 is 0 Å². The summed E-state index contributed by atoms with van der Waals surface area (Å²) in [6.45, 7) is 1.65. The molecule has 0 fully saturated rings. The number of carbonyl (C=O) groups excluding carboxylic acids is 3. The summed E-state index contributed by atoms with van der Waals surface area (Å²) < 4.78 is 5.31. The summed E-state index contributed by atoms with van der Waals surface area (Å²) in [7, 11) is 0. The van der Waals surface area contributed by atoms with Gasteiger partial charge in [0, 0.05) is 12.7 Å². The maximum Gasteiger partial charge on any atom is 0.272 e. The third-order valence-corrected chi connectivity index (χ3v) is 4.19. The van der Waals surface area contributed by atoms with Crippen molar-refractivity contribution in [2.45, 2.75) is 13.5 Å². The minimum Gasteiger partial charge on any atom is -0.482 e. The van der Waals surface area contributed by atoms with Gasteiger partial charge < -0.3 is 20.4 Å². The molecule has 0 radical (unpaired) electrons. The topological polar surface area (TPSA) is 126 Å². The molecule has 3 heterocycles. The lowest BCUT2D eigenvalue weighted by Gasteiger charge is -2.18. The van der Waals surface area contributed by atoms with Crippen molar-refractivity contribution in [3.63, 3.8) is 0 Å². The van der Waals surface area contributed by atoms with Crippen LogP contribution in [-0.2, 0) is 11.3 Å². The number of nitrogens with zero attached hydrogens (tertiary/aromatic N) is 2. The van der Waals surface area contributed by atoms with Crippen LogP contribution in [0.2, 0.25) is 0 Å². The van der Waals surface area contributed by atoms with Gasteiger partial charge in [0.05, 0.1) is 16.8 Å². The Balaban J connectivity index is 1.54. The molecule has 1 aliphatic rings. The number of ketones is 1. The van der Waals surface area contributed by atoms with E-state index in [1.165, 1.54) is 19.4 Å². The van der Waals surface area contributed by atoms with Crippen molar-refractivity contribution in [1.29, 1.82) is 0 Å². The van der Waals surface area contributed by atoms with E-state index in [-0.39, 0.29) is 30.5 Å². The Hall–Kier alpha value is -3.75. The van der Waals surface area contributed by atoms with E-state index in [1.54, 1.807) is 18.2 Å². The number of benzene rings is 1. The highest BCUT2D eigenvalue weighted by Crippen LogP contribution is 2.28. The molecule has 2 amide bonds. The highest BCUT2D eigenvalue weighted by atomic mass is 16.5. The lowest BCUT2D eigenvalue weighted by Crippen LogP contribution is -2.26. The van der Waals surface area contributed by atoms with Crippen molar-refractivity contribution >= 4 is 34.3 Å². The molecule has 0 unspecified atom stereocenters. The molecule has 0 saturated heterocycles.